The van der Waals surface area contributed by atoms with Gasteiger partial charge in [0.05, 0.1) is 12.6 Å². The molecule has 0 radical (unpaired) electrons. The molecule has 0 saturated carbocycles. The molecule has 1 unspecified atom stereocenters. The Labute approximate surface area is 84.6 Å². The van der Waals surface area contributed by atoms with Gasteiger partial charge in [-0.05, 0) is 5.53 Å². The van der Waals surface area contributed by atoms with Crippen molar-refractivity contribution in [2.75, 3.05) is 6.61 Å². The van der Waals surface area contributed by atoms with Crippen LogP contribution < -0.4 is 5.73 Å². The van der Waals surface area contributed by atoms with Crippen LogP contribution in [0.5, 0.6) is 0 Å². The van der Waals surface area contributed by atoms with Crippen LogP contribution in [0.4, 0.5) is 0 Å². The van der Waals surface area contributed by atoms with Gasteiger partial charge in [-0.1, -0.05) is 0 Å². The first kappa shape index (κ1) is 12.0. The summed E-state index contributed by atoms with van der Waals surface area (Å²) in [6.07, 6.45) is -4.86. The van der Waals surface area contributed by atoms with Crippen molar-refractivity contribution in [2.24, 2.45) is 11.0 Å². The number of rotatable bonds is 3. The van der Waals surface area contributed by atoms with E-state index in [4.69, 9.17) is 21.1 Å². The normalized spacial score (nSPS) is 40.7. The molecule has 0 aromatic carbocycles. The number of hydrogen-bond donors (Lipinski definition) is 4. The summed E-state index contributed by atoms with van der Waals surface area (Å²) in [6, 6.07) is -1.06. The minimum atomic E-state index is -1.32. The average molecular weight is 220 g/mol. The zero-order chi connectivity index (χ0) is 11.4. The van der Waals surface area contributed by atoms with Gasteiger partial charge in [-0.15, -0.1) is 0 Å². The number of azide groups is 1. The van der Waals surface area contributed by atoms with E-state index in [-0.39, 0.29) is 0 Å². The third-order valence-electron chi connectivity index (χ3n) is 2.12. The molecule has 9 nitrogen and oxygen atoms in total. The first-order valence-electron chi connectivity index (χ1n) is 4.20. The Hall–Kier alpha value is -1.09. The molecule has 0 aliphatic carbocycles. The van der Waals surface area contributed by atoms with Crippen molar-refractivity contribution >= 4 is 0 Å². The summed E-state index contributed by atoms with van der Waals surface area (Å²) in [4.78, 5) is 6.79. The van der Waals surface area contributed by atoms with Gasteiger partial charge in [0, 0.05) is 4.91 Å². The van der Waals surface area contributed by atoms with Crippen LogP contribution in [-0.4, -0.2) is 52.6 Å². The van der Waals surface area contributed by atoms with E-state index in [9.17, 15) is 10.2 Å². The number of hydrogen-bond acceptors (Lipinski definition) is 7. The summed E-state index contributed by atoms with van der Waals surface area (Å²) in [5.74, 6) is 0. The zero-order valence-corrected chi connectivity index (χ0v) is 7.67. The molecule has 1 saturated heterocycles. The Bertz CT molecular complexity index is 256. The molecular formula is C6H12N4O5. The summed E-state index contributed by atoms with van der Waals surface area (Å²) in [6.45, 7) is -0.513. The summed E-state index contributed by atoms with van der Waals surface area (Å²) < 4.78 is 4.96. The Morgan fingerprint density at radius 3 is 2.67 bits per heavy atom. The lowest BCUT2D eigenvalue weighted by Gasteiger charge is -2.39. The molecule has 86 valence electrons. The quantitative estimate of drug-likeness (QED) is 0.186. The van der Waals surface area contributed by atoms with E-state index in [2.05, 4.69) is 15.0 Å². The topological polar surface area (TPSA) is 154 Å². The van der Waals surface area contributed by atoms with Crippen LogP contribution >= 0.6 is 0 Å². The zero-order valence-electron chi connectivity index (χ0n) is 7.67. The predicted molar refractivity (Wildman–Crippen MR) is 46.0 cm³/mol. The molecule has 1 aliphatic heterocycles. The molecule has 1 aliphatic rings. The maximum absolute atomic E-state index is 9.44. The molecule has 0 spiro atoms. The SMILES string of the molecule is [N-]=[N+]=NOC1O[C@H](CO)[C@H](O)[C@H](O)[C@H]1N. The summed E-state index contributed by atoms with van der Waals surface area (Å²) >= 11 is 0. The molecular weight excluding hydrogens is 208 g/mol. The van der Waals surface area contributed by atoms with E-state index in [1.807, 2.05) is 0 Å². The van der Waals surface area contributed by atoms with Gasteiger partial charge in [0.25, 0.3) is 0 Å². The smallest absolute Gasteiger partial charge is 0.226 e. The van der Waals surface area contributed by atoms with E-state index < -0.39 is 37.3 Å². The lowest BCUT2D eigenvalue weighted by molar-refractivity contribution is -0.266. The van der Waals surface area contributed by atoms with Gasteiger partial charge < -0.3 is 30.6 Å². The number of aliphatic hydroxyl groups excluding tert-OH is 3. The van der Waals surface area contributed by atoms with E-state index in [0.717, 1.165) is 0 Å². The fourth-order valence-electron chi connectivity index (χ4n) is 1.27. The molecule has 15 heavy (non-hydrogen) atoms. The van der Waals surface area contributed by atoms with Crippen molar-refractivity contribution in [2.45, 2.75) is 30.6 Å². The Balaban J connectivity index is 2.69. The van der Waals surface area contributed by atoms with E-state index >= 15 is 0 Å². The molecule has 1 heterocycles. The Morgan fingerprint density at radius 2 is 2.13 bits per heavy atom. The number of nitrogens with two attached hydrogens (primary N) is 1. The predicted octanol–water partition coefficient (Wildman–Crippen LogP) is -2.01. The van der Waals surface area contributed by atoms with Crippen molar-refractivity contribution < 1.29 is 24.9 Å². The number of aliphatic hydroxyl groups is 3. The third kappa shape index (κ3) is 2.48. The molecule has 1 rings (SSSR count). The second kappa shape index (κ2) is 5.12. The minimum absolute atomic E-state index is 0.513. The van der Waals surface area contributed by atoms with Gasteiger partial charge in [-0.2, -0.15) is 0 Å². The van der Waals surface area contributed by atoms with Crippen molar-refractivity contribution in [1.29, 1.82) is 0 Å². The third-order valence-corrected chi connectivity index (χ3v) is 2.12. The van der Waals surface area contributed by atoms with E-state index in [0.29, 0.717) is 0 Å². The average Bonchev–Trinajstić information content (AvgIpc) is 2.25. The van der Waals surface area contributed by atoms with Gasteiger partial charge >= 0.3 is 0 Å². The fourth-order valence-corrected chi connectivity index (χ4v) is 1.27. The van der Waals surface area contributed by atoms with Gasteiger partial charge in [-0.3, -0.25) is 0 Å². The highest BCUT2D eigenvalue weighted by Crippen LogP contribution is 2.20. The Morgan fingerprint density at radius 1 is 1.47 bits per heavy atom. The largest absolute Gasteiger partial charge is 0.401 e. The van der Waals surface area contributed by atoms with Crippen molar-refractivity contribution in [3.63, 3.8) is 0 Å². The lowest BCUT2D eigenvalue weighted by atomic mass is 9.98. The first-order valence-corrected chi connectivity index (χ1v) is 4.20. The summed E-state index contributed by atoms with van der Waals surface area (Å²) in [5.41, 5.74) is 13.4. The highest BCUT2D eigenvalue weighted by molar-refractivity contribution is 4.91. The van der Waals surface area contributed by atoms with Crippen LogP contribution in [0.2, 0.25) is 0 Å². The highest BCUT2D eigenvalue weighted by atomic mass is 16.8. The van der Waals surface area contributed by atoms with Gasteiger partial charge in [0.2, 0.25) is 6.29 Å². The molecule has 9 heteroatoms. The van der Waals surface area contributed by atoms with E-state index in [1.165, 1.54) is 0 Å². The first-order chi connectivity index (χ1) is 7.11. The monoisotopic (exact) mass is 220 g/mol. The van der Waals surface area contributed by atoms with Crippen molar-refractivity contribution in [1.82, 2.24) is 0 Å². The van der Waals surface area contributed by atoms with Crippen LogP contribution in [-0.2, 0) is 9.57 Å². The molecule has 5 atom stereocenters. The van der Waals surface area contributed by atoms with Crippen LogP contribution in [0.15, 0.2) is 5.28 Å². The van der Waals surface area contributed by atoms with Crippen LogP contribution in [0, 0.1) is 0 Å². The van der Waals surface area contributed by atoms with Crippen LogP contribution in [0.25, 0.3) is 10.4 Å². The van der Waals surface area contributed by atoms with Gasteiger partial charge in [-0.25, -0.2) is 0 Å². The van der Waals surface area contributed by atoms with Crippen LogP contribution in [0.3, 0.4) is 0 Å². The maximum Gasteiger partial charge on any atom is 0.226 e. The second-order valence-electron chi connectivity index (χ2n) is 3.06. The second-order valence-corrected chi connectivity index (χ2v) is 3.06. The van der Waals surface area contributed by atoms with E-state index in [1.54, 1.807) is 0 Å². The van der Waals surface area contributed by atoms with Crippen molar-refractivity contribution in [3.05, 3.63) is 10.4 Å². The summed E-state index contributed by atoms with van der Waals surface area (Å²) in [7, 11) is 0. The minimum Gasteiger partial charge on any atom is -0.401 e. The summed E-state index contributed by atoms with van der Waals surface area (Å²) in [5, 5.41) is 30.4. The van der Waals surface area contributed by atoms with Gasteiger partial charge in [0.1, 0.15) is 23.6 Å². The molecule has 0 bridgehead atoms. The van der Waals surface area contributed by atoms with Crippen molar-refractivity contribution in [3.8, 4) is 0 Å². The van der Waals surface area contributed by atoms with Crippen LogP contribution in [0.1, 0.15) is 0 Å². The molecule has 1 fully saturated rings. The maximum atomic E-state index is 9.44. The van der Waals surface area contributed by atoms with Gasteiger partial charge in [0.15, 0.2) is 0 Å². The highest BCUT2D eigenvalue weighted by Gasteiger charge is 2.43. The standard InChI is InChI=1S/C6H12N4O5/c7-3-5(13)4(12)2(1-11)14-6(3)15-10-9-8/h2-6,11-13H,1,7H2/t2-,3-,4+,5-,6?/m1/s1. The molecule has 0 aromatic heterocycles. The lowest BCUT2D eigenvalue weighted by Crippen LogP contribution is -2.62. The molecule has 0 aromatic rings. The number of nitrogens with zero attached hydrogens (tertiary/aromatic N) is 3. The molecule has 0 amide bonds. The Kier molecular flexibility index (Phi) is 4.09. The number of ether oxygens (including phenoxy) is 1. The fraction of sp³-hybridized carbons (Fsp3) is 1.00. The molecule has 5 N–H and O–H groups in total.